The second kappa shape index (κ2) is 5.13. The summed E-state index contributed by atoms with van der Waals surface area (Å²) in [5.74, 6) is 2.03. The molecule has 0 aromatic carbocycles. The number of unbranched alkanes of at least 4 members (excludes halogenated alkanes) is 1. The maximum Gasteiger partial charge on any atom is 0.0431 e. The van der Waals surface area contributed by atoms with Crippen LogP contribution in [-0.2, 0) is 0 Å². The van der Waals surface area contributed by atoms with Crippen LogP contribution in [0, 0.1) is 11.8 Å². The van der Waals surface area contributed by atoms with E-state index in [-0.39, 0.29) is 0 Å². The Morgan fingerprint density at radius 3 is 1.93 bits per heavy atom. The number of hydrogen-bond donors (Lipinski definition) is 1. The second-order valence-electron chi connectivity index (χ2n) is 5.08. The van der Waals surface area contributed by atoms with Crippen LogP contribution in [0.5, 0.6) is 0 Å². The number of hydrogen-bond acceptors (Lipinski definition) is 2. The molecule has 0 spiro atoms. The summed E-state index contributed by atoms with van der Waals surface area (Å²) >= 11 is 0. The molecule has 2 heteroatoms. The fraction of sp³-hybridized carbons (Fsp3) is 1.00. The molecular formula is C12H23NO. The van der Waals surface area contributed by atoms with E-state index in [1.54, 1.807) is 0 Å². The molecule has 82 valence electrons. The minimum atomic E-state index is 0.362. The van der Waals surface area contributed by atoms with Gasteiger partial charge in [-0.3, -0.25) is 0 Å². The lowest BCUT2D eigenvalue weighted by Gasteiger charge is -2.21. The summed E-state index contributed by atoms with van der Waals surface area (Å²) in [5, 5.41) is 8.75. The van der Waals surface area contributed by atoms with Gasteiger partial charge in [-0.15, -0.1) is 0 Å². The van der Waals surface area contributed by atoms with E-state index in [9.17, 15) is 0 Å². The predicted molar refractivity (Wildman–Crippen MR) is 58.2 cm³/mol. The first-order valence-corrected chi connectivity index (χ1v) is 6.21. The number of nitrogens with zero attached hydrogens (tertiary/aromatic N) is 1. The Hall–Kier alpha value is -0.0800. The standard InChI is InChI=1S/C12H23NO/c14-8-2-1-7-13(9-11-3-4-11)10-12-5-6-12/h11-12,14H,1-10H2. The zero-order valence-corrected chi connectivity index (χ0v) is 9.12. The molecule has 0 aromatic heterocycles. The van der Waals surface area contributed by atoms with Crippen LogP contribution in [0.1, 0.15) is 38.5 Å². The van der Waals surface area contributed by atoms with Crippen LogP contribution in [0.15, 0.2) is 0 Å². The summed E-state index contributed by atoms with van der Waals surface area (Å²) in [6.07, 6.45) is 7.99. The Morgan fingerprint density at radius 1 is 0.929 bits per heavy atom. The Labute approximate surface area is 87.3 Å². The molecule has 0 aromatic rings. The van der Waals surface area contributed by atoms with Crippen LogP contribution in [0.4, 0.5) is 0 Å². The van der Waals surface area contributed by atoms with E-state index in [0.717, 1.165) is 18.3 Å². The predicted octanol–water partition coefficient (Wildman–Crippen LogP) is 1.88. The molecule has 2 aliphatic carbocycles. The highest BCUT2D eigenvalue weighted by Gasteiger charge is 2.28. The topological polar surface area (TPSA) is 23.5 Å². The van der Waals surface area contributed by atoms with Gasteiger partial charge in [0.2, 0.25) is 0 Å². The highest BCUT2D eigenvalue weighted by Crippen LogP contribution is 2.33. The van der Waals surface area contributed by atoms with Gasteiger partial charge in [-0.25, -0.2) is 0 Å². The molecule has 1 N–H and O–H groups in total. The Morgan fingerprint density at radius 2 is 1.50 bits per heavy atom. The summed E-state index contributed by atoms with van der Waals surface area (Å²) < 4.78 is 0. The molecule has 14 heavy (non-hydrogen) atoms. The Bertz CT molecular complexity index is 150. The van der Waals surface area contributed by atoms with Crippen molar-refractivity contribution in [1.82, 2.24) is 4.90 Å². The monoisotopic (exact) mass is 197 g/mol. The molecule has 0 atom stereocenters. The molecule has 0 unspecified atom stereocenters. The number of aliphatic hydroxyl groups is 1. The molecule has 2 saturated carbocycles. The molecular weight excluding hydrogens is 174 g/mol. The quantitative estimate of drug-likeness (QED) is 0.601. The molecule has 0 saturated heterocycles. The van der Waals surface area contributed by atoms with Crippen molar-refractivity contribution in [2.24, 2.45) is 11.8 Å². The highest BCUT2D eigenvalue weighted by molar-refractivity contribution is 4.82. The minimum Gasteiger partial charge on any atom is -0.396 e. The second-order valence-corrected chi connectivity index (χ2v) is 5.08. The molecule has 2 nitrogen and oxygen atoms in total. The van der Waals surface area contributed by atoms with Crippen molar-refractivity contribution in [3.05, 3.63) is 0 Å². The van der Waals surface area contributed by atoms with Crippen LogP contribution in [-0.4, -0.2) is 36.2 Å². The van der Waals surface area contributed by atoms with E-state index in [4.69, 9.17) is 5.11 Å². The van der Waals surface area contributed by atoms with Gasteiger partial charge in [0.1, 0.15) is 0 Å². The summed E-state index contributed by atoms with van der Waals surface area (Å²) in [7, 11) is 0. The normalized spacial score (nSPS) is 21.9. The van der Waals surface area contributed by atoms with Crippen molar-refractivity contribution in [3.63, 3.8) is 0 Å². The van der Waals surface area contributed by atoms with Crippen LogP contribution in [0.2, 0.25) is 0 Å². The number of aliphatic hydroxyl groups excluding tert-OH is 1. The molecule has 0 heterocycles. The van der Waals surface area contributed by atoms with Crippen LogP contribution >= 0.6 is 0 Å². The fourth-order valence-corrected chi connectivity index (χ4v) is 2.04. The van der Waals surface area contributed by atoms with Gasteiger partial charge in [0, 0.05) is 19.7 Å². The molecule has 2 aliphatic rings. The Kier molecular flexibility index (Phi) is 3.82. The van der Waals surface area contributed by atoms with Gasteiger partial charge < -0.3 is 10.0 Å². The summed E-state index contributed by atoms with van der Waals surface area (Å²) in [4.78, 5) is 2.64. The van der Waals surface area contributed by atoms with E-state index in [1.807, 2.05) is 0 Å². The third-order valence-corrected chi connectivity index (χ3v) is 3.31. The Balaban J connectivity index is 1.61. The first-order valence-electron chi connectivity index (χ1n) is 6.21. The molecule has 0 aliphatic heterocycles. The van der Waals surface area contributed by atoms with Crippen molar-refractivity contribution in [2.75, 3.05) is 26.2 Å². The SMILES string of the molecule is OCCCCN(CC1CC1)CC1CC1. The minimum absolute atomic E-state index is 0.362. The van der Waals surface area contributed by atoms with Gasteiger partial charge in [-0.2, -0.15) is 0 Å². The average Bonchev–Trinajstić information content (AvgIpc) is 2.99. The van der Waals surface area contributed by atoms with E-state index in [0.29, 0.717) is 6.61 Å². The van der Waals surface area contributed by atoms with Crippen molar-refractivity contribution >= 4 is 0 Å². The van der Waals surface area contributed by atoms with E-state index < -0.39 is 0 Å². The molecule has 2 fully saturated rings. The molecule has 2 rings (SSSR count). The first-order chi connectivity index (χ1) is 6.88. The van der Waals surface area contributed by atoms with Crippen LogP contribution < -0.4 is 0 Å². The third kappa shape index (κ3) is 3.97. The fourth-order valence-electron chi connectivity index (χ4n) is 2.04. The average molecular weight is 197 g/mol. The van der Waals surface area contributed by atoms with Gasteiger partial charge in [-0.05, 0) is 56.9 Å². The lowest BCUT2D eigenvalue weighted by molar-refractivity contribution is 0.229. The summed E-state index contributed by atoms with van der Waals surface area (Å²) in [5.41, 5.74) is 0. The smallest absolute Gasteiger partial charge is 0.0431 e. The van der Waals surface area contributed by atoms with Gasteiger partial charge in [0.15, 0.2) is 0 Å². The molecule has 0 amide bonds. The van der Waals surface area contributed by atoms with Crippen molar-refractivity contribution in [3.8, 4) is 0 Å². The lowest BCUT2D eigenvalue weighted by Crippen LogP contribution is -2.29. The zero-order chi connectivity index (χ0) is 9.80. The molecule has 0 bridgehead atoms. The van der Waals surface area contributed by atoms with Crippen molar-refractivity contribution < 1.29 is 5.11 Å². The third-order valence-electron chi connectivity index (χ3n) is 3.31. The zero-order valence-electron chi connectivity index (χ0n) is 9.12. The van der Waals surface area contributed by atoms with E-state index in [1.165, 1.54) is 51.7 Å². The van der Waals surface area contributed by atoms with Crippen molar-refractivity contribution in [2.45, 2.75) is 38.5 Å². The number of rotatable bonds is 8. The summed E-state index contributed by atoms with van der Waals surface area (Å²) in [6.45, 7) is 4.25. The van der Waals surface area contributed by atoms with E-state index in [2.05, 4.69) is 4.90 Å². The first kappa shape index (κ1) is 10.4. The van der Waals surface area contributed by atoms with Gasteiger partial charge in [-0.1, -0.05) is 0 Å². The van der Waals surface area contributed by atoms with Crippen LogP contribution in [0.3, 0.4) is 0 Å². The van der Waals surface area contributed by atoms with Gasteiger partial charge in [0.05, 0.1) is 0 Å². The largest absolute Gasteiger partial charge is 0.396 e. The summed E-state index contributed by atoms with van der Waals surface area (Å²) in [6, 6.07) is 0. The maximum atomic E-state index is 8.75. The van der Waals surface area contributed by atoms with Gasteiger partial charge in [0.25, 0.3) is 0 Å². The van der Waals surface area contributed by atoms with Gasteiger partial charge >= 0.3 is 0 Å². The van der Waals surface area contributed by atoms with Crippen molar-refractivity contribution in [1.29, 1.82) is 0 Å². The van der Waals surface area contributed by atoms with Crippen LogP contribution in [0.25, 0.3) is 0 Å². The van der Waals surface area contributed by atoms with E-state index >= 15 is 0 Å². The highest BCUT2D eigenvalue weighted by atomic mass is 16.2. The lowest BCUT2D eigenvalue weighted by atomic mass is 10.2. The molecule has 0 radical (unpaired) electrons. The maximum absolute atomic E-state index is 8.75.